The molecule has 0 radical (unpaired) electrons. The largest absolute Gasteiger partial charge is 0.476 e. The fourth-order valence-electron chi connectivity index (χ4n) is 3.34. The van der Waals surface area contributed by atoms with Crippen LogP contribution >= 0.6 is 0 Å². The van der Waals surface area contributed by atoms with Crippen molar-refractivity contribution < 1.29 is 14.7 Å². The molecule has 0 atom stereocenters. The summed E-state index contributed by atoms with van der Waals surface area (Å²) in [5, 5.41) is 13.8. The van der Waals surface area contributed by atoms with Crippen LogP contribution in [-0.4, -0.2) is 26.6 Å². The molecule has 0 aliphatic carbocycles. The lowest BCUT2D eigenvalue weighted by Crippen LogP contribution is -2.29. The Morgan fingerprint density at radius 2 is 1.62 bits per heavy atom. The highest BCUT2D eigenvalue weighted by Gasteiger charge is 2.19. The predicted molar refractivity (Wildman–Crippen MR) is 97.9 cm³/mol. The normalized spacial score (nSPS) is 10.9. The molecule has 2 aromatic carbocycles. The van der Waals surface area contributed by atoms with E-state index in [-0.39, 0.29) is 28.8 Å². The van der Waals surface area contributed by atoms with E-state index < -0.39 is 11.5 Å². The van der Waals surface area contributed by atoms with Gasteiger partial charge in [0.2, 0.25) is 0 Å². The molecule has 132 valence electrons. The maximum atomic E-state index is 12.8. The standard InChI is InChI=1S/C20H18N2O4/c1-11-8-12(2)17(13(3)9-11)16(23)10-22-19(24)15-7-5-4-6-14(15)18(21-22)20(25)26/h4-9H,10H2,1-3H3,(H,25,26). The van der Waals surface area contributed by atoms with Gasteiger partial charge in [-0.3, -0.25) is 9.59 Å². The molecular formula is C20H18N2O4. The van der Waals surface area contributed by atoms with E-state index >= 15 is 0 Å². The molecule has 1 N–H and O–H groups in total. The number of aromatic nitrogens is 2. The number of benzene rings is 2. The Balaban J connectivity index is 2.13. The summed E-state index contributed by atoms with van der Waals surface area (Å²) in [7, 11) is 0. The van der Waals surface area contributed by atoms with Crippen LogP contribution in [0.25, 0.3) is 10.8 Å². The molecule has 0 amide bonds. The number of aromatic carboxylic acids is 1. The summed E-state index contributed by atoms with van der Waals surface area (Å²) in [5.74, 6) is -1.52. The molecule has 0 saturated carbocycles. The van der Waals surface area contributed by atoms with Crippen LogP contribution in [0.3, 0.4) is 0 Å². The number of carboxylic acids is 1. The van der Waals surface area contributed by atoms with Crippen LogP contribution in [0.2, 0.25) is 0 Å². The number of fused-ring (bicyclic) bond motifs is 1. The van der Waals surface area contributed by atoms with Crippen LogP contribution in [0.5, 0.6) is 0 Å². The summed E-state index contributed by atoms with van der Waals surface area (Å²) >= 11 is 0. The van der Waals surface area contributed by atoms with Gasteiger partial charge in [-0.2, -0.15) is 5.10 Å². The van der Waals surface area contributed by atoms with Gasteiger partial charge in [0.05, 0.1) is 5.39 Å². The van der Waals surface area contributed by atoms with Crippen LogP contribution in [0.1, 0.15) is 37.5 Å². The zero-order chi connectivity index (χ0) is 19.0. The number of hydrogen-bond donors (Lipinski definition) is 1. The van der Waals surface area contributed by atoms with Gasteiger partial charge < -0.3 is 5.11 Å². The number of carboxylic acid groups (broad SMARTS) is 1. The van der Waals surface area contributed by atoms with Gasteiger partial charge in [-0.15, -0.1) is 0 Å². The smallest absolute Gasteiger partial charge is 0.357 e. The highest BCUT2D eigenvalue weighted by Crippen LogP contribution is 2.18. The van der Waals surface area contributed by atoms with Gasteiger partial charge in [0.25, 0.3) is 5.56 Å². The molecule has 0 unspecified atom stereocenters. The van der Waals surface area contributed by atoms with Gasteiger partial charge in [0.15, 0.2) is 11.5 Å². The molecule has 0 saturated heterocycles. The number of ketones is 1. The molecule has 1 aromatic heterocycles. The Labute approximate surface area is 149 Å². The summed E-state index contributed by atoms with van der Waals surface area (Å²) in [6.07, 6.45) is 0. The first-order valence-corrected chi connectivity index (χ1v) is 8.14. The highest BCUT2D eigenvalue weighted by atomic mass is 16.4. The Kier molecular flexibility index (Phi) is 4.42. The maximum Gasteiger partial charge on any atom is 0.357 e. The van der Waals surface area contributed by atoms with Crippen molar-refractivity contribution in [3.63, 3.8) is 0 Å². The van der Waals surface area contributed by atoms with Crippen LogP contribution in [0.4, 0.5) is 0 Å². The Morgan fingerprint density at radius 1 is 1.04 bits per heavy atom. The van der Waals surface area contributed by atoms with Crippen molar-refractivity contribution in [2.24, 2.45) is 0 Å². The average Bonchev–Trinajstić information content (AvgIpc) is 2.56. The lowest BCUT2D eigenvalue weighted by molar-refractivity contribution is 0.0688. The molecule has 6 nitrogen and oxygen atoms in total. The van der Waals surface area contributed by atoms with Gasteiger partial charge in [0.1, 0.15) is 6.54 Å². The second kappa shape index (κ2) is 6.55. The second-order valence-corrected chi connectivity index (χ2v) is 6.36. The number of carbonyl (C=O) groups excluding carboxylic acids is 1. The van der Waals surface area contributed by atoms with Gasteiger partial charge in [-0.25, -0.2) is 9.48 Å². The first-order valence-electron chi connectivity index (χ1n) is 8.14. The van der Waals surface area contributed by atoms with Crippen molar-refractivity contribution >= 4 is 22.5 Å². The first kappa shape index (κ1) is 17.5. The van der Waals surface area contributed by atoms with E-state index in [1.165, 1.54) is 12.1 Å². The summed E-state index contributed by atoms with van der Waals surface area (Å²) in [5.41, 5.74) is 2.49. The lowest BCUT2D eigenvalue weighted by Gasteiger charge is -2.12. The molecule has 0 bridgehead atoms. The third kappa shape index (κ3) is 3.01. The monoisotopic (exact) mass is 350 g/mol. The Bertz CT molecular complexity index is 1090. The molecule has 3 rings (SSSR count). The summed E-state index contributed by atoms with van der Waals surface area (Å²) in [6.45, 7) is 5.32. The minimum Gasteiger partial charge on any atom is -0.476 e. The van der Waals surface area contributed by atoms with E-state index in [1.54, 1.807) is 12.1 Å². The van der Waals surface area contributed by atoms with E-state index in [9.17, 15) is 19.5 Å². The zero-order valence-corrected chi connectivity index (χ0v) is 14.7. The fraction of sp³-hybridized carbons (Fsp3) is 0.200. The first-order chi connectivity index (χ1) is 12.3. The minimum atomic E-state index is -1.25. The van der Waals surface area contributed by atoms with E-state index in [2.05, 4.69) is 5.10 Å². The van der Waals surface area contributed by atoms with Crippen LogP contribution < -0.4 is 5.56 Å². The summed E-state index contributed by atoms with van der Waals surface area (Å²) in [4.78, 5) is 37.0. The van der Waals surface area contributed by atoms with Crippen molar-refractivity contribution in [1.29, 1.82) is 0 Å². The van der Waals surface area contributed by atoms with Gasteiger partial charge >= 0.3 is 5.97 Å². The number of carbonyl (C=O) groups is 2. The van der Waals surface area contributed by atoms with Crippen molar-refractivity contribution in [2.45, 2.75) is 27.3 Å². The summed E-state index contributed by atoms with van der Waals surface area (Å²) in [6, 6.07) is 10.2. The van der Waals surface area contributed by atoms with E-state index in [0.29, 0.717) is 5.56 Å². The van der Waals surface area contributed by atoms with E-state index in [1.807, 2.05) is 32.9 Å². The van der Waals surface area contributed by atoms with Crippen LogP contribution in [0, 0.1) is 20.8 Å². The predicted octanol–water partition coefficient (Wildman–Crippen LogP) is 2.90. The number of aryl methyl sites for hydroxylation is 3. The molecule has 0 fully saturated rings. The summed E-state index contributed by atoms with van der Waals surface area (Å²) < 4.78 is 0.937. The van der Waals surface area contributed by atoms with Crippen molar-refractivity contribution in [2.75, 3.05) is 0 Å². The number of rotatable bonds is 4. The number of nitrogens with zero attached hydrogens (tertiary/aromatic N) is 2. The minimum absolute atomic E-state index is 0.227. The van der Waals surface area contributed by atoms with Crippen LogP contribution in [0.15, 0.2) is 41.2 Å². The SMILES string of the molecule is Cc1cc(C)c(C(=O)Cn2nc(C(=O)O)c3ccccc3c2=O)c(C)c1. The zero-order valence-electron chi connectivity index (χ0n) is 14.7. The second-order valence-electron chi connectivity index (χ2n) is 6.36. The van der Waals surface area contributed by atoms with Crippen molar-refractivity contribution in [1.82, 2.24) is 9.78 Å². The van der Waals surface area contributed by atoms with Crippen molar-refractivity contribution in [3.05, 3.63) is 74.7 Å². The van der Waals surface area contributed by atoms with Gasteiger partial charge in [0, 0.05) is 10.9 Å². The van der Waals surface area contributed by atoms with Crippen molar-refractivity contribution in [3.8, 4) is 0 Å². The molecule has 0 spiro atoms. The number of Topliss-reactive ketones (excluding diaryl/α,β-unsaturated/α-hetero) is 1. The van der Waals surface area contributed by atoms with Gasteiger partial charge in [-0.1, -0.05) is 35.9 Å². The molecule has 0 aliphatic heterocycles. The Morgan fingerprint density at radius 3 is 2.19 bits per heavy atom. The molecule has 3 aromatic rings. The third-order valence-electron chi connectivity index (χ3n) is 4.32. The lowest BCUT2D eigenvalue weighted by atomic mass is 9.96. The van der Waals surface area contributed by atoms with E-state index in [4.69, 9.17) is 0 Å². The van der Waals surface area contributed by atoms with E-state index in [0.717, 1.165) is 21.4 Å². The molecule has 0 aliphatic rings. The average molecular weight is 350 g/mol. The molecule has 1 heterocycles. The third-order valence-corrected chi connectivity index (χ3v) is 4.32. The molecule has 26 heavy (non-hydrogen) atoms. The highest BCUT2D eigenvalue weighted by molar-refractivity contribution is 6.02. The maximum absolute atomic E-state index is 12.8. The topological polar surface area (TPSA) is 89.3 Å². The molecule has 6 heteroatoms. The quantitative estimate of drug-likeness (QED) is 0.731. The number of hydrogen-bond acceptors (Lipinski definition) is 4. The molecular weight excluding hydrogens is 332 g/mol. The Hall–Kier alpha value is -3.28. The fourth-order valence-corrected chi connectivity index (χ4v) is 3.34. The van der Waals surface area contributed by atoms with Crippen LogP contribution in [-0.2, 0) is 6.54 Å². The van der Waals surface area contributed by atoms with Gasteiger partial charge in [-0.05, 0) is 38.0 Å².